The van der Waals surface area contributed by atoms with E-state index in [0.29, 0.717) is 30.4 Å². The molecule has 1 saturated carbocycles. The van der Waals surface area contributed by atoms with Gasteiger partial charge in [-0.1, -0.05) is 53.0 Å². The first-order valence-electron chi connectivity index (χ1n) is 13.6. The quantitative estimate of drug-likeness (QED) is 0.468. The Bertz CT molecular complexity index is 1100. The van der Waals surface area contributed by atoms with E-state index in [9.17, 15) is 9.59 Å². The second kappa shape index (κ2) is 9.08. The second-order valence-electron chi connectivity index (χ2n) is 12.8. The summed E-state index contributed by atoms with van der Waals surface area (Å²) in [6.07, 6.45) is 8.67. The van der Waals surface area contributed by atoms with Gasteiger partial charge in [0.15, 0.2) is 23.1 Å². The number of carbonyl (C=O) groups is 2. The van der Waals surface area contributed by atoms with Crippen molar-refractivity contribution in [3.05, 3.63) is 46.3 Å². The van der Waals surface area contributed by atoms with Gasteiger partial charge in [-0.05, 0) is 54.2 Å². The number of carbonyl (C=O) groups excluding carboxylic acids is 2. The zero-order valence-corrected chi connectivity index (χ0v) is 22.8. The Morgan fingerprint density at radius 3 is 1.78 bits per heavy atom. The Hall–Kier alpha value is -2.56. The molecule has 0 bridgehead atoms. The average Bonchev–Trinajstić information content (AvgIpc) is 2.81. The summed E-state index contributed by atoms with van der Waals surface area (Å²) in [5, 5.41) is 0. The topological polar surface area (TPSA) is 55.8 Å². The molecule has 1 fully saturated rings. The number of Topliss-reactive ketones (excluding diaryl/α,β-unsaturated/α-hetero) is 2. The lowest BCUT2D eigenvalue weighted by Gasteiger charge is -2.52. The van der Waals surface area contributed by atoms with E-state index >= 15 is 0 Å². The van der Waals surface area contributed by atoms with Crippen molar-refractivity contribution in [3.63, 3.8) is 0 Å². The van der Waals surface area contributed by atoms with E-state index in [-0.39, 0.29) is 28.3 Å². The van der Waals surface area contributed by atoms with Gasteiger partial charge >= 0.3 is 0 Å². The van der Waals surface area contributed by atoms with E-state index in [1.807, 2.05) is 18.2 Å². The number of benzene rings is 1. The molecule has 1 aromatic carbocycles. The Labute approximate surface area is 215 Å². The Kier molecular flexibility index (Phi) is 6.33. The minimum absolute atomic E-state index is 0.1000. The highest BCUT2D eigenvalue weighted by atomic mass is 16.5. The van der Waals surface area contributed by atoms with E-state index in [2.05, 4.69) is 32.6 Å². The normalized spacial score (nSPS) is 24.6. The zero-order chi connectivity index (χ0) is 25.8. The largest absolute Gasteiger partial charge is 0.493 e. The molecule has 3 aliphatic carbocycles. The van der Waals surface area contributed by atoms with Crippen LogP contribution in [-0.2, 0) is 9.59 Å². The smallest absolute Gasteiger partial charge is 0.162 e. The predicted molar refractivity (Wildman–Crippen MR) is 141 cm³/mol. The molecule has 0 amide bonds. The fourth-order valence-electron chi connectivity index (χ4n) is 7.14. The number of methoxy groups -OCH3 is 2. The van der Waals surface area contributed by atoms with Gasteiger partial charge in [0.1, 0.15) is 0 Å². The summed E-state index contributed by atoms with van der Waals surface area (Å²) in [5.41, 5.74) is 4.78. The number of nitrogens with zero attached hydrogens (tertiary/aromatic N) is 1. The van der Waals surface area contributed by atoms with Crippen molar-refractivity contribution in [3.8, 4) is 11.5 Å². The van der Waals surface area contributed by atoms with Crippen molar-refractivity contribution < 1.29 is 19.1 Å². The molecule has 36 heavy (non-hydrogen) atoms. The summed E-state index contributed by atoms with van der Waals surface area (Å²) < 4.78 is 11.1. The van der Waals surface area contributed by atoms with Crippen molar-refractivity contribution in [1.29, 1.82) is 0 Å². The zero-order valence-electron chi connectivity index (χ0n) is 22.8. The van der Waals surface area contributed by atoms with Crippen LogP contribution < -0.4 is 9.47 Å². The number of hydrogen-bond acceptors (Lipinski definition) is 5. The standard InChI is InChI=1S/C31H41NO4/c1-30(2)15-21-28(23(33)17-30)27(19-12-13-25(35-5)26(14-19)36-6)29-22(16-31(3,4)18-24(29)34)32(21)20-10-8-7-9-11-20/h12-14,20,27H,7-11,15-18H2,1-6H3. The van der Waals surface area contributed by atoms with Gasteiger partial charge < -0.3 is 14.4 Å². The van der Waals surface area contributed by atoms with Gasteiger partial charge in [0.05, 0.1) is 14.2 Å². The van der Waals surface area contributed by atoms with Crippen molar-refractivity contribution in [2.24, 2.45) is 10.8 Å². The lowest BCUT2D eigenvalue weighted by molar-refractivity contribution is -0.119. The van der Waals surface area contributed by atoms with Crippen molar-refractivity contribution in [2.75, 3.05) is 14.2 Å². The SMILES string of the molecule is COc1ccc(C2C3=C(CC(C)(C)CC3=O)N(C3CCCCC3)C3=C2C(=O)CC(C)(C)C3)cc1OC. The summed E-state index contributed by atoms with van der Waals surface area (Å²) in [5.74, 6) is 1.30. The highest BCUT2D eigenvalue weighted by Gasteiger charge is 2.50. The van der Waals surface area contributed by atoms with Crippen LogP contribution >= 0.6 is 0 Å². The molecule has 0 unspecified atom stereocenters. The molecule has 1 heterocycles. The van der Waals surface area contributed by atoms with E-state index in [1.165, 1.54) is 30.7 Å². The molecule has 0 atom stereocenters. The Balaban J connectivity index is 1.77. The second-order valence-corrected chi connectivity index (χ2v) is 12.8. The lowest BCUT2D eigenvalue weighted by Crippen LogP contribution is -2.48. The van der Waals surface area contributed by atoms with E-state index in [0.717, 1.165) is 42.4 Å². The Morgan fingerprint density at radius 1 is 0.750 bits per heavy atom. The average molecular weight is 492 g/mol. The van der Waals surface area contributed by atoms with Crippen LogP contribution in [0.1, 0.15) is 97.0 Å². The van der Waals surface area contributed by atoms with Gasteiger partial charge in [-0.3, -0.25) is 9.59 Å². The van der Waals surface area contributed by atoms with Crippen LogP contribution in [0.15, 0.2) is 40.7 Å². The fourth-order valence-corrected chi connectivity index (χ4v) is 7.14. The van der Waals surface area contributed by atoms with Crippen LogP contribution in [0, 0.1) is 10.8 Å². The summed E-state index contributed by atoms with van der Waals surface area (Å²) in [7, 11) is 3.26. The van der Waals surface area contributed by atoms with Gasteiger partial charge in [0.25, 0.3) is 0 Å². The molecule has 1 aliphatic heterocycles. The number of hydrogen-bond donors (Lipinski definition) is 0. The molecule has 5 heteroatoms. The summed E-state index contributed by atoms with van der Waals surface area (Å²) in [6.45, 7) is 8.83. The summed E-state index contributed by atoms with van der Waals surface area (Å²) in [6, 6.07) is 6.24. The first kappa shape index (κ1) is 25.1. The Morgan fingerprint density at radius 2 is 1.28 bits per heavy atom. The molecule has 0 spiro atoms. The van der Waals surface area contributed by atoms with Gasteiger partial charge in [-0.2, -0.15) is 0 Å². The molecular weight excluding hydrogens is 450 g/mol. The number of rotatable bonds is 4. The third kappa shape index (κ3) is 4.29. The van der Waals surface area contributed by atoms with Gasteiger partial charge in [0.2, 0.25) is 0 Å². The van der Waals surface area contributed by atoms with Gasteiger partial charge in [0, 0.05) is 47.3 Å². The van der Waals surface area contributed by atoms with Gasteiger partial charge in [-0.15, -0.1) is 0 Å². The molecule has 0 N–H and O–H groups in total. The summed E-state index contributed by atoms with van der Waals surface area (Å²) >= 11 is 0. The molecule has 0 saturated heterocycles. The van der Waals surface area contributed by atoms with Crippen LogP contribution in [-0.4, -0.2) is 36.7 Å². The van der Waals surface area contributed by atoms with Crippen LogP contribution in [0.2, 0.25) is 0 Å². The molecule has 1 aromatic rings. The minimum atomic E-state index is -0.346. The minimum Gasteiger partial charge on any atom is -0.493 e. The number of allylic oxidation sites excluding steroid dienone is 4. The maximum atomic E-state index is 14.0. The van der Waals surface area contributed by atoms with Crippen LogP contribution in [0.25, 0.3) is 0 Å². The van der Waals surface area contributed by atoms with Crippen LogP contribution in [0.4, 0.5) is 0 Å². The first-order chi connectivity index (χ1) is 17.0. The third-order valence-electron chi connectivity index (χ3n) is 8.63. The highest BCUT2D eigenvalue weighted by Crippen LogP contribution is 2.56. The maximum absolute atomic E-state index is 14.0. The van der Waals surface area contributed by atoms with Crippen molar-refractivity contribution in [2.45, 2.75) is 97.4 Å². The van der Waals surface area contributed by atoms with Gasteiger partial charge in [-0.25, -0.2) is 0 Å². The molecule has 194 valence electrons. The monoisotopic (exact) mass is 491 g/mol. The maximum Gasteiger partial charge on any atom is 0.162 e. The van der Waals surface area contributed by atoms with Crippen LogP contribution in [0.5, 0.6) is 11.5 Å². The van der Waals surface area contributed by atoms with Crippen molar-refractivity contribution >= 4 is 11.6 Å². The highest BCUT2D eigenvalue weighted by molar-refractivity contribution is 6.06. The molecule has 4 aliphatic rings. The van der Waals surface area contributed by atoms with Crippen molar-refractivity contribution in [1.82, 2.24) is 4.90 Å². The third-order valence-corrected chi connectivity index (χ3v) is 8.63. The molecule has 5 rings (SSSR count). The first-order valence-corrected chi connectivity index (χ1v) is 13.6. The predicted octanol–water partition coefficient (Wildman–Crippen LogP) is 6.72. The summed E-state index contributed by atoms with van der Waals surface area (Å²) in [4.78, 5) is 30.4. The lowest BCUT2D eigenvalue weighted by atomic mass is 9.63. The molecular formula is C31H41NO4. The van der Waals surface area contributed by atoms with E-state index in [4.69, 9.17) is 9.47 Å². The van der Waals surface area contributed by atoms with E-state index < -0.39 is 0 Å². The van der Waals surface area contributed by atoms with Crippen LogP contribution in [0.3, 0.4) is 0 Å². The molecule has 0 radical (unpaired) electrons. The van der Waals surface area contributed by atoms with E-state index in [1.54, 1.807) is 14.2 Å². The number of ketones is 2. The fraction of sp³-hybridized carbons (Fsp3) is 0.613. The molecule has 5 nitrogen and oxygen atoms in total. The molecule has 0 aromatic heterocycles. The number of ether oxygens (including phenoxy) is 2.